The monoisotopic (exact) mass is 332 g/mol. The van der Waals surface area contributed by atoms with Gasteiger partial charge in [0.25, 0.3) is 0 Å². The van der Waals surface area contributed by atoms with Gasteiger partial charge in [0.05, 0.1) is 0 Å². The van der Waals surface area contributed by atoms with E-state index >= 15 is 0 Å². The summed E-state index contributed by atoms with van der Waals surface area (Å²) in [6, 6.07) is 7.96. The van der Waals surface area contributed by atoms with E-state index in [0.717, 1.165) is 30.2 Å². The van der Waals surface area contributed by atoms with Gasteiger partial charge < -0.3 is 15.2 Å². The SMILES string of the molecule is Cc1nccn1CCCNC(=O)N[C@H]1C[C@H]1c1cccc(Cl)c1. The molecular weight excluding hydrogens is 312 g/mol. The smallest absolute Gasteiger partial charge is 0.315 e. The van der Waals surface area contributed by atoms with Crippen LogP contribution in [0.3, 0.4) is 0 Å². The number of nitrogens with zero attached hydrogens (tertiary/aromatic N) is 2. The molecule has 1 aliphatic rings. The number of aryl methyl sites for hydroxylation is 2. The maximum Gasteiger partial charge on any atom is 0.315 e. The lowest BCUT2D eigenvalue weighted by Gasteiger charge is -2.08. The zero-order chi connectivity index (χ0) is 16.2. The van der Waals surface area contributed by atoms with E-state index in [4.69, 9.17) is 11.6 Å². The summed E-state index contributed by atoms with van der Waals surface area (Å²) < 4.78 is 2.08. The number of hydrogen-bond donors (Lipinski definition) is 2. The molecule has 122 valence electrons. The summed E-state index contributed by atoms with van der Waals surface area (Å²) in [4.78, 5) is 16.1. The topological polar surface area (TPSA) is 59.0 Å². The van der Waals surface area contributed by atoms with Gasteiger partial charge in [0.15, 0.2) is 0 Å². The van der Waals surface area contributed by atoms with Crippen LogP contribution in [0.2, 0.25) is 5.02 Å². The van der Waals surface area contributed by atoms with Crippen LogP contribution < -0.4 is 10.6 Å². The highest BCUT2D eigenvalue weighted by Crippen LogP contribution is 2.41. The molecule has 2 N–H and O–H groups in total. The van der Waals surface area contributed by atoms with Gasteiger partial charge in [-0.3, -0.25) is 0 Å². The molecule has 1 aromatic heterocycles. The van der Waals surface area contributed by atoms with E-state index in [-0.39, 0.29) is 12.1 Å². The highest BCUT2D eigenvalue weighted by atomic mass is 35.5. The number of imidazole rings is 1. The maximum atomic E-state index is 11.9. The number of aromatic nitrogens is 2. The predicted molar refractivity (Wildman–Crippen MR) is 90.7 cm³/mol. The summed E-state index contributed by atoms with van der Waals surface area (Å²) in [7, 11) is 0. The molecule has 1 aromatic carbocycles. The van der Waals surface area contributed by atoms with Crippen LogP contribution in [-0.2, 0) is 6.54 Å². The number of carbonyl (C=O) groups is 1. The molecule has 1 heterocycles. The Morgan fingerprint density at radius 3 is 3.09 bits per heavy atom. The first-order valence-electron chi connectivity index (χ1n) is 7.91. The molecule has 6 heteroatoms. The second-order valence-corrected chi connectivity index (χ2v) is 6.36. The van der Waals surface area contributed by atoms with Gasteiger partial charge in [-0.25, -0.2) is 9.78 Å². The van der Waals surface area contributed by atoms with Crippen molar-refractivity contribution < 1.29 is 4.79 Å². The van der Waals surface area contributed by atoms with Crippen LogP contribution in [0.5, 0.6) is 0 Å². The molecule has 0 saturated heterocycles. The summed E-state index contributed by atoms with van der Waals surface area (Å²) in [6.45, 7) is 3.49. The Morgan fingerprint density at radius 2 is 2.35 bits per heavy atom. The Balaban J connectivity index is 1.35. The average Bonchev–Trinajstić information content (AvgIpc) is 3.17. The largest absolute Gasteiger partial charge is 0.338 e. The third-order valence-corrected chi connectivity index (χ3v) is 4.40. The van der Waals surface area contributed by atoms with Crippen LogP contribution in [0.4, 0.5) is 4.79 Å². The highest BCUT2D eigenvalue weighted by Gasteiger charge is 2.39. The van der Waals surface area contributed by atoms with Crippen molar-refractivity contribution in [2.24, 2.45) is 0 Å². The molecule has 0 spiro atoms. The van der Waals surface area contributed by atoms with Gasteiger partial charge in [0.1, 0.15) is 5.82 Å². The molecule has 1 fully saturated rings. The summed E-state index contributed by atoms with van der Waals surface area (Å²) in [5.74, 6) is 1.38. The molecule has 2 aromatic rings. The fraction of sp³-hybridized carbons (Fsp3) is 0.412. The standard InChI is InChI=1S/C17H21ClN4O/c1-12-19-7-9-22(12)8-3-6-20-17(23)21-16-11-15(16)13-4-2-5-14(18)10-13/h2,4-5,7,9-10,15-16H,3,6,8,11H2,1H3,(H2,20,21,23)/t15-,16-/m0/s1. The number of hydrogen-bond acceptors (Lipinski definition) is 2. The van der Waals surface area contributed by atoms with E-state index in [1.54, 1.807) is 6.20 Å². The molecule has 2 amide bonds. The molecule has 0 bridgehead atoms. The minimum atomic E-state index is -0.0955. The van der Waals surface area contributed by atoms with Crippen LogP contribution in [0, 0.1) is 6.92 Å². The fourth-order valence-electron chi connectivity index (χ4n) is 2.77. The minimum absolute atomic E-state index is 0.0955. The van der Waals surface area contributed by atoms with Crippen LogP contribution in [-0.4, -0.2) is 28.2 Å². The Kier molecular flexibility index (Phi) is 4.86. The number of carbonyl (C=O) groups excluding carboxylic acids is 1. The first-order valence-corrected chi connectivity index (χ1v) is 8.29. The van der Waals surface area contributed by atoms with E-state index < -0.39 is 0 Å². The van der Waals surface area contributed by atoms with Gasteiger partial charge in [0, 0.05) is 42.5 Å². The lowest BCUT2D eigenvalue weighted by atomic mass is 10.1. The minimum Gasteiger partial charge on any atom is -0.338 e. The van der Waals surface area contributed by atoms with Gasteiger partial charge in [-0.15, -0.1) is 0 Å². The van der Waals surface area contributed by atoms with Crippen molar-refractivity contribution in [2.45, 2.75) is 38.3 Å². The van der Waals surface area contributed by atoms with Crippen LogP contribution in [0.25, 0.3) is 0 Å². The molecule has 2 atom stereocenters. The summed E-state index contributed by atoms with van der Waals surface area (Å²) in [5.41, 5.74) is 1.19. The lowest BCUT2D eigenvalue weighted by molar-refractivity contribution is 0.240. The van der Waals surface area contributed by atoms with Crippen LogP contribution >= 0.6 is 11.6 Å². The van der Waals surface area contributed by atoms with Crippen molar-refractivity contribution in [3.63, 3.8) is 0 Å². The summed E-state index contributed by atoms with van der Waals surface area (Å²) in [6.07, 6.45) is 5.60. The normalized spacial score (nSPS) is 19.4. The average molecular weight is 333 g/mol. The molecule has 0 unspecified atom stereocenters. The van der Waals surface area contributed by atoms with Gasteiger partial charge >= 0.3 is 6.03 Å². The quantitative estimate of drug-likeness (QED) is 0.799. The summed E-state index contributed by atoms with van der Waals surface area (Å²) in [5, 5.41) is 6.67. The number of urea groups is 1. The van der Waals surface area contributed by atoms with Crippen LogP contribution in [0.1, 0.15) is 30.1 Å². The van der Waals surface area contributed by atoms with Gasteiger partial charge in [-0.1, -0.05) is 23.7 Å². The fourth-order valence-corrected chi connectivity index (χ4v) is 2.97. The van der Waals surface area contributed by atoms with Crippen molar-refractivity contribution in [2.75, 3.05) is 6.54 Å². The maximum absolute atomic E-state index is 11.9. The van der Waals surface area contributed by atoms with Crippen LogP contribution in [0.15, 0.2) is 36.7 Å². The van der Waals surface area contributed by atoms with Gasteiger partial charge in [0.2, 0.25) is 0 Å². The van der Waals surface area contributed by atoms with E-state index in [1.807, 2.05) is 31.3 Å². The second kappa shape index (κ2) is 7.04. The number of halogens is 1. The van der Waals surface area contributed by atoms with Crippen molar-refractivity contribution in [3.8, 4) is 0 Å². The molecule has 5 nitrogen and oxygen atoms in total. The Labute approximate surface area is 141 Å². The van der Waals surface area contributed by atoms with E-state index in [2.05, 4.69) is 26.3 Å². The molecule has 0 radical (unpaired) electrons. The molecule has 1 saturated carbocycles. The van der Waals surface area contributed by atoms with Crippen molar-refractivity contribution in [1.82, 2.24) is 20.2 Å². The van der Waals surface area contributed by atoms with Crippen molar-refractivity contribution in [3.05, 3.63) is 53.1 Å². The number of amides is 2. The van der Waals surface area contributed by atoms with Crippen molar-refractivity contribution >= 4 is 17.6 Å². The Morgan fingerprint density at radius 1 is 1.48 bits per heavy atom. The third-order valence-electron chi connectivity index (χ3n) is 4.17. The lowest BCUT2D eigenvalue weighted by Crippen LogP contribution is -2.38. The molecule has 3 rings (SSSR count). The third kappa shape index (κ3) is 4.26. The highest BCUT2D eigenvalue weighted by molar-refractivity contribution is 6.30. The van der Waals surface area contributed by atoms with E-state index in [9.17, 15) is 4.79 Å². The van der Waals surface area contributed by atoms with Gasteiger partial charge in [-0.2, -0.15) is 0 Å². The second-order valence-electron chi connectivity index (χ2n) is 5.93. The first kappa shape index (κ1) is 15.9. The Hall–Kier alpha value is -2.01. The van der Waals surface area contributed by atoms with E-state index in [1.165, 1.54) is 5.56 Å². The summed E-state index contributed by atoms with van der Waals surface area (Å²) >= 11 is 6.00. The zero-order valence-corrected chi connectivity index (χ0v) is 13.9. The number of rotatable bonds is 6. The molecular formula is C17H21ClN4O. The zero-order valence-electron chi connectivity index (χ0n) is 13.1. The predicted octanol–water partition coefficient (Wildman–Crippen LogP) is 3.09. The van der Waals surface area contributed by atoms with Crippen molar-refractivity contribution in [1.29, 1.82) is 0 Å². The molecule has 0 aliphatic heterocycles. The number of benzene rings is 1. The molecule has 23 heavy (non-hydrogen) atoms. The van der Waals surface area contributed by atoms with E-state index in [0.29, 0.717) is 12.5 Å². The first-order chi connectivity index (χ1) is 11.1. The Bertz CT molecular complexity index is 685. The molecule has 1 aliphatic carbocycles. The number of nitrogens with one attached hydrogen (secondary N) is 2. The van der Waals surface area contributed by atoms with Gasteiger partial charge in [-0.05, 0) is 37.5 Å².